The maximum absolute atomic E-state index is 12.7. The van der Waals surface area contributed by atoms with Crippen LogP contribution >= 0.6 is 12.2 Å². The van der Waals surface area contributed by atoms with Gasteiger partial charge in [-0.2, -0.15) is 0 Å². The first-order valence-corrected chi connectivity index (χ1v) is 8.52. The molecular formula is C18H22N2O2S. The summed E-state index contributed by atoms with van der Waals surface area (Å²) in [5, 5.41) is 3.63. The van der Waals surface area contributed by atoms with Crippen molar-refractivity contribution >= 4 is 29.3 Å². The third-order valence-electron chi connectivity index (χ3n) is 4.58. The number of hydrogen-bond acceptors (Lipinski definition) is 3. The van der Waals surface area contributed by atoms with Gasteiger partial charge in [-0.15, -0.1) is 0 Å². The first-order valence-electron chi connectivity index (χ1n) is 8.11. The number of carbonyl (C=O) groups excluding carboxylic acids is 1. The van der Waals surface area contributed by atoms with Crippen molar-refractivity contribution in [2.24, 2.45) is 0 Å². The van der Waals surface area contributed by atoms with E-state index < -0.39 is 0 Å². The normalized spacial score (nSPS) is 21.0. The smallest absolute Gasteiger partial charge is 0.276 e. The van der Waals surface area contributed by atoms with Gasteiger partial charge in [0.05, 0.1) is 7.11 Å². The highest BCUT2D eigenvalue weighted by Crippen LogP contribution is 2.27. The summed E-state index contributed by atoms with van der Waals surface area (Å²) in [5.74, 6) is 0.840. The molecule has 23 heavy (non-hydrogen) atoms. The van der Waals surface area contributed by atoms with Crippen LogP contribution in [0.5, 0.6) is 5.75 Å². The van der Waals surface area contributed by atoms with Crippen molar-refractivity contribution in [3.05, 3.63) is 35.0 Å². The molecular weight excluding hydrogens is 308 g/mol. The third kappa shape index (κ3) is 3.24. The lowest BCUT2D eigenvalue weighted by atomic mass is 9.94. The van der Waals surface area contributed by atoms with E-state index in [0.29, 0.717) is 10.8 Å². The topological polar surface area (TPSA) is 41.6 Å². The van der Waals surface area contributed by atoms with Crippen LogP contribution in [-0.4, -0.2) is 29.1 Å². The number of hydrogen-bond donors (Lipinski definition) is 1. The molecule has 3 rings (SSSR count). The number of amides is 1. The average Bonchev–Trinajstić information content (AvgIpc) is 2.82. The highest BCUT2D eigenvalue weighted by atomic mass is 32.1. The Bertz CT molecular complexity index is 663. The third-order valence-corrected chi connectivity index (χ3v) is 4.88. The van der Waals surface area contributed by atoms with E-state index >= 15 is 0 Å². The number of aryl methyl sites for hydroxylation is 1. The minimum absolute atomic E-state index is 0.00429. The Labute approximate surface area is 142 Å². The molecule has 1 N–H and O–H groups in total. The Kier molecular flexibility index (Phi) is 4.66. The molecule has 1 amide bonds. The number of nitrogens with one attached hydrogen (secondary N) is 1. The van der Waals surface area contributed by atoms with Crippen LogP contribution in [-0.2, 0) is 4.79 Å². The van der Waals surface area contributed by atoms with Crippen LogP contribution in [0.4, 0.5) is 0 Å². The number of rotatable bonds is 3. The van der Waals surface area contributed by atoms with Crippen molar-refractivity contribution in [3.8, 4) is 5.75 Å². The second-order valence-electron chi connectivity index (χ2n) is 6.18. The molecule has 1 aliphatic carbocycles. The zero-order valence-corrected chi connectivity index (χ0v) is 14.4. The second kappa shape index (κ2) is 6.71. The number of ether oxygens (including phenoxy) is 1. The van der Waals surface area contributed by atoms with E-state index in [1.807, 2.05) is 31.2 Å². The van der Waals surface area contributed by atoms with Crippen molar-refractivity contribution < 1.29 is 9.53 Å². The van der Waals surface area contributed by atoms with Crippen LogP contribution in [0.3, 0.4) is 0 Å². The molecule has 1 aromatic rings. The van der Waals surface area contributed by atoms with Crippen LogP contribution in [0.2, 0.25) is 0 Å². The van der Waals surface area contributed by atoms with Gasteiger partial charge >= 0.3 is 0 Å². The van der Waals surface area contributed by atoms with Gasteiger partial charge in [-0.05, 0) is 61.3 Å². The zero-order valence-electron chi connectivity index (χ0n) is 13.6. The summed E-state index contributed by atoms with van der Waals surface area (Å²) in [6, 6.07) is 6.12. The molecule has 1 aliphatic heterocycles. The summed E-state index contributed by atoms with van der Waals surface area (Å²) in [5.41, 5.74) is 2.57. The molecule has 0 spiro atoms. The fraction of sp³-hybridized carbons (Fsp3) is 0.444. The molecule has 4 nitrogen and oxygen atoms in total. The minimum Gasteiger partial charge on any atom is -0.496 e. The van der Waals surface area contributed by atoms with Gasteiger partial charge in [0, 0.05) is 6.04 Å². The molecule has 0 atom stereocenters. The largest absolute Gasteiger partial charge is 0.496 e. The summed E-state index contributed by atoms with van der Waals surface area (Å²) in [7, 11) is 1.66. The predicted octanol–water partition coefficient (Wildman–Crippen LogP) is 3.39. The number of thiocarbonyl (C=S) groups is 1. The van der Waals surface area contributed by atoms with E-state index in [4.69, 9.17) is 17.0 Å². The number of benzene rings is 1. The molecule has 1 aromatic carbocycles. The summed E-state index contributed by atoms with van der Waals surface area (Å²) < 4.78 is 5.27. The molecule has 122 valence electrons. The molecule has 5 heteroatoms. The van der Waals surface area contributed by atoms with Gasteiger partial charge in [0.25, 0.3) is 5.91 Å². The summed E-state index contributed by atoms with van der Waals surface area (Å²) in [6.07, 6.45) is 7.56. The summed E-state index contributed by atoms with van der Waals surface area (Å²) in [6.45, 7) is 1.99. The average molecular weight is 330 g/mol. The van der Waals surface area contributed by atoms with Crippen LogP contribution < -0.4 is 10.1 Å². The lowest BCUT2D eigenvalue weighted by Gasteiger charge is -2.29. The van der Waals surface area contributed by atoms with Gasteiger partial charge < -0.3 is 10.1 Å². The zero-order chi connectivity index (χ0) is 16.4. The van der Waals surface area contributed by atoms with Crippen molar-refractivity contribution in [1.29, 1.82) is 0 Å². The molecule has 1 saturated carbocycles. The van der Waals surface area contributed by atoms with Crippen molar-refractivity contribution in [3.63, 3.8) is 0 Å². The molecule has 0 aromatic heterocycles. The first kappa shape index (κ1) is 16.0. The number of methoxy groups -OCH3 is 1. The second-order valence-corrected chi connectivity index (χ2v) is 6.57. The molecule has 1 saturated heterocycles. The molecule has 0 bridgehead atoms. The van der Waals surface area contributed by atoms with Crippen LogP contribution in [0.1, 0.15) is 43.2 Å². The van der Waals surface area contributed by atoms with Gasteiger partial charge in [-0.3, -0.25) is 9.69 Å². The van der Waals surface area contributed by atoms with E-state index in [2.05, 4.69) is 5.32 Å². The molecule has 0 unspecified atom stereocenters. The summed E-state index contributed by atoms with van der Waals surface area (Å²) >= 11 is 5.39. The lowest BCUT2D eigenvalue weighted by molar-refractivity contribution is -0.124. The Morgan fingerprint density at radius 3 is 2.70 bits per heavy atom. The Morgan fingerprint density at radius 2 is 2.04 bits per heavy atom. The van der Waals surface area contributed by atoms with Crippen LogP contribution in [0.15, 0.2) is 23.9 Å². The number of nitrogens with zero attached hydrogens (tertiary/aromatic N) is 1. The Morgan fingerprint density at radius 1 is 1.30 bits per heavy atom. The highest BCUT2D eigenvalue weighted by Gasteiger charge is 2.36. The van der Waals surface area contributed by atoms with Gasteiger partial charge in [0.15, 0.2) is 5.11 Å². The molecule has 1 heterocycles. The monoisotopic (exact) mass is 330 g/mol. The number of carbonyl (C=O) groups is 1. The van der Waals surface area contributed by atoms with Crippen molar-refractivity contribution in [2.45, 2.75) is 45.1 Å². The van der Waals surface area contributed by atoms with Gasteiger partial charge in [0.2, 0.25) is 0 Å². The van der Waals surface area contributed by atoms with E-state index in [-0.39, 0.29) is 11.9 Å². The predicted molar refractivity (Wildman–Crippen MR) is 95.2 cm³/mol. The van der Waals surface area contributed by atoms with Gasteiger partial charge in [0.1, 0.15) is 11.4 Å². The Balaban J connectivity index is 1.82. The van der Waals surface area contributed by atoms with E-state index in [1.54, 1.807) is 12.0 Å². The SMILES string of the molecule is COc1ccc(/C=C2\NC(=S)N(C3CCCCC3)C2=O)cc1C. The maximum Gasteiger partial charge on any atom is 0.276 e. The molecule has 2 fully saturated rings. The highest BCUT2D eigenvalue weighted by molar-refractivity contribution is 7.80. The lowest BCUT2D eigenvalue weighted by Crippen LogP contribution is -2.41. The van der Waals surface area contributed by atoms with E-state index in [9.17, 15) is 4.79 Å². The molecule has 0 radical (unpaired) electrons. The van der Waals surface area contributed by atoms with Crippen LogP contribution in [0.25, 0.3) is 6.08 Å². The maximum atomic E-state index is 12.7. The van der Waals surface area contributed by atoms with Crippen molar-refractivity contribution in [1.82, 2.24) is 10.2 Å². The van der Waals surface area contributed by atoms with Crippen LogP contribution in [0, 0.1) is 6.92 Å². The minimum atomic E-state index is -0.00429. The van der Waals surface area contributed by atoms with Gasteiger partial charge in [-0.25, -0.2) is 0 Å². The van der Waals surface area contributed by atoms with E-state index in [0.717, 1.165) is 29.7 Å². The fourth-order valence-electron chi connectivity index (χ4n) is 3.38. The van der Waals surface area contributed by atoms with E-state index in [1.165, 1.54) is 19.3 Å². The standard InChI is InChI=1S/C18H22N2O2S/c1-12-10-13(8-9-16(12)22-2)11-15-17(21)20(18(23)19-15)14-6-4-3-5-7-14/h8-11,14H,3-7H2,1-2H3,(H,19,23)/b15-11-. The first-order chi connectivity index (χ1) is 11.1. The quantitative estimate of drug-likeness (QED) is 0.681. The van der Waals surface area contributed by atoms with Crippen molar-refractivity contribution in [2.75, 3.05) is 7.11 Å². The summed E-state index contributed by atoms with van der Waals surface area (Å²) in [4.78, 5) is 14.5. The molecule has 2 aliphatic rings. The Hall–Kier alpha value is -1.88. The fourth-order valence-corrected chi connectivity index (χ4v) is 3.72. The van der Waals surface area contributed by atoms with Gasteiger partial charge in [-0.1, -0.05) is 25.3 Å².